The molecule has 22 heavy (non-hydrogen) atoms. The number of carbonyl (C=O) groups is 1. The van der Waals surface area contributed by atoms with E-state index in [9.17, 15) is 17.6 Å². The van der Waals surface area contributed by atoms with E-state index in [-0.39, 0.29) is 36.4 Å². The number of amides is 1. The number of hydrogen-bond donors (Lipinski definition) is 1. The summed E-state index contributed by atoms with van der Waals surface area (Å²) in [6.45, 7) is 2.57. The summed E-state index contributed by atoms with van der Waals surface area (Å²) in [5, 5.41) is 2.81. The van der Waals surface area contributed by atoms with E-state index in [1.807, 2.05) is 6.92 Å². The summed E-state index contributed by atoms with van der Waals surface area (Å²) in [6, 6.07) is 4.42. The van der Waals surface area contributed by atoms with Gasteiger partial charge in [-0.2, -0.15) is 0 Å². The fourth-order valence-corrected chi connectivity index (χ4v) is 3.91. The molecule has 1 N–H and O–H groups in total. The van der Waals surface area contributed by atoms with E-state index < -0.39 is 15.7 Å². The minimum Gasteiger partial charge on any atom is -0.367 e. The van der Waals surface area contributed by atoms with E-state index in [1.54, 1.807) is 11.0 Å². The molecule has 1 saturated heterocycles. The normalized spacial score (nSPS) is 26.5. The summed E-state index contributed by atoms with van der Waals surface area (Å²) in [4.78, 5) is 13.7. The maximum Gasteiger partial charge on any atom is 0.227 e. The predicted molar refractivity (Wildman–Crippen MR) is 83.2 cm³/mol. The molecule has 0 bridgehead atoms. The molecule has 0 spiro atoms. The van der Waals surface area contributed by atoms with Gasteiger partial charge in [-0.15, -0.1) is 0 Å². The first-order chi connectivity index (χ1) is 10.4. The van der Waals surface area contributed by atoms with Gasteiger partial charge in [-0.25, -0.2) is 12.8 Å². The first-order valence-electron chi connectivity index (χ1n) is 7.41. The van der Waals surface area contributed by atoms with Crippen LogP contribution in [0.2, 0.25) is 0 Å². The largest absolute Gasteiger partial charge is 0.367 e. The van der Waals surface area contributed by atoms with Crippen LogP contribution in [0.4, 0.5) is 15.8 Å². The number of hydrogen-bond acceptors (Lipinski definition) is 4. The third-order valence-corrected chi connectivity index (χ3v) is 5.95. The van der Waals surface area contributed by atoms with Crippen molar-refractivity contribution in [2.75, 3.05) is 34.8 Å². The van der Waals surface area contributed by atoms with Crippen molar-refractivity contribution in [2.45, 2.75) is 13.3 Å². The predicted octanol–water partition coefficient (Wildman–Crippen LogP) is 1.66. The van der Waals surface area contributed by atoms with Crippen LogP contribution in [0.15, 0.2) is 18.2 Å². The first-order valence-corrected chi connectivity index (χ1v) is 9.24. The zero-order valence-corrected chi connectivity index (χ0v) is 13.2. The molecular formula is C15H19FN2O3S. The van der Waals surface area contributed by atoms with Crippen molar-refractivity contribution in [1.82, 2.24) is 0 Å². The second kappa shape index (κ2) is 5.53. The molecule has 2 fully saturated rings. The van der Waals surface area contributed by atoms with Crippen molar-refractivity contribution in [3.63, 3.8) is 0 Å². The molecule has 0 aromatic heterocycles. The Kier molecular flexibility index (Phi) is 3.84. The number of rotatable bonds is 3. The van der Waals surface area contributed by atoms with Gasteiger partial charge in [-0.1, -0.05) is 6.92 Å². The van der Waals surface area contributed by atoms with Crippen LogP contribution in [0, 0.1) is 17.7 Å². The van der Waals surface area contributed by atoms with Crippen LogP contribution in [0.5, 0.6) is 0 Å². The van der Waals surface area contributed by atoms with E-state index in [2.05, 4.69) is 5.32 Å². The van der Waals surface area contributed by atoms with E-state index in [0.29, 0.717) is 17.3 Å². The lowest BCUT2D eigenvalue weighted by molar-refractivity contribution is -0.117. The number of nitrogens with zero attached hydrogens (tertiary/aromatic N) is 1. The Balaban J connectivity index is 1.74. The van der Waals surface area contributed by atoms with Gasteiger partial charge in [0.15, 0.2) is 9.84 Å². The Morgan fingerprint density at radius 3 is 2.55 bits per heavy atom. The summed E-state index contributed by atoms with van der Waals surface area (Å²) < 4.78 is 36.9. The Morgan fingerprint density at radius 1 is 1.32 bits per heavy atom. The number of anilines is 2. The topological polar surface area (TPSA) is 66.5 Å². The molecule has 0 radical (unpaired) electrons. The van der Waals surface area contributed by atoms with Gasteiger partial charge in [0.25, 0.3) is 0 Å². The van der Waals surface area contributed by atoms with Crippen LogP contribution in [0.1, 0.15) is 13.3 Å². The van der Waals surface area contributed by atoms with E-state index in [0.717, 1.165) is 6.42 Å². The van der Waals surface area contributed by atoms with E-state index in [1.165, 1.54) is 12.1 Å². The van der Waals surface area contributed by atoms with Gasteiger partial charge in [-0.05, 0) is 30.5 Å². The summed E-state index contributed by atoms with van der Waals surface area (Å²) >= 11 is 0. The van der Waals surface area contributed by atoms with Gasteiger partial charge in [0.2, 0.25) is 5.91 Å². The van der Waals surface area contributed by atoms with Crippen molar-refractivity contribution < 1.29 is 17.6 Å². The van der Waals surface area contributed by atoms with Gasteiger partial charge in [0, 0.05) is 24.7 Å². The number of carbonyl (C=O) groups excluding carboxylic acids is 1. The van der Waals surface area contributed by atoms with Crippen LogP contribution in [-0.2, 0) is 14.6 Å². The zero-order valence-electron chi connectivity index (χ0n) is 12.4. The molecule has 1 amide bonds. The molecule has 5 nitrogen and oxygen atoms in total. The van der Waals surface area contributed by atoms with Crippen molar-refractivity contribution >= 4 is 27.1 Å². The number of nitrogens with one attached hydrogen (secondary N) is 1. The first kappa shape index (κ1) is 15.3. The lowest BCUT2D eigenvalue weighted by Gasteiger charge is -2.29. The van der Waals surface area contributed by atoms with Crippen molar-refractivity contribution in [3.05, 3.63) is 24.0 Å². The molecule has 1 saturated carbocycles. The zero-order chi connectivity index (χ0) is 15.9. The molecule has 2 aliphatic rings. The molecule has 120 valence electrons. The fourth-order valence-electron chi connectivity index (χ4n) is 2.71. The minimum atomic E-state index is -3.01. The molecule has 1 heterocycles. The Morgan fingerprint density at radius 2 is 1.95 bits per heavy atom. The Hall–Kier alpha value is -1.63. The maximum absolute atomic E-state index is 14.0. The highest BCUT2D eigenvalue weighted by Gasteiger charge is 2.39. The van der Waals surface area contributed by atoms with Crippen molar-refractivity contribution in [2.24, 2.45) is 11.8 Å². The van der Waals surface area contributed by atoms with Gasteiger partial charge in [-0.3, -0.25) is 4.79 Å². The van der Waals surface area contributed by atoms with E-state index in [4.69, 9.17) is 0 Å². The molecule has 0 unspecified atom stereocenters. The van der Waals surface area contributed by atoms with E-state index >= 15 is 0 Å². The molecule has 1 aromatic carbocycles. The lowest BCUT2D eigenvalue weighted by atomic mass is 10.2. The number of benzene rings is 1. The molecule has 1 aliphatic carbocycles. The number of sulfone groups is 1. The second-order valence-electron chi connectivity index (χ2n) is 6.11. The highest BCUT2D eigenvalue weighted by molar-refractivity contribution is 7.91. The van der Waals surface area contributed by atoms with Crippen molar-refractivity contribution in [1.29, 1.82) is 0 Å². The average molecular weight is 326 g/mol. The average Bonchev–Trinajstić information content (AvgIpc) is 3.18. The fraction of sp³-hybridized carbons (Fsp3) is 0.533. The molecule has 1 aliphatic heterocycles. The van der Waals surface area contributed by atoms with Gasteiger partial charge >= 0.3 is 0 Å². The summed E-state index contributed by atoms with van der Waals surface area (Å²) in [7, 11) is -3.01. The summed E-state index contributed by atoms with van der Waals surface area (Å²) in [6.07, 6.45) is 0.893. The highest BCUT2D eigenvalue weighted by atomic mass is 32.2. The van der Waals surface area contributed by atoms with Crippen LogP contribution in [0.25, 0.3) is 0 Å². The Labute approximate surface area is 129 Å². The maximum atomic E-state index is 14.0. The molecular weight excluding hydrogens is 307 g/mol. The summed E-state index contributed by atoms with van der Waals surface area (Å²) in [5.74, 6) is 0.0785. The quantitative estimate of drug-likeness (QED) is 0.917. The lowest BCUT2D eigenvalue weighted by Crippen LogP contribution is -2.40. The van der Waals surface area contributed by atoms with Gasteiger partial charge in [0.1, 0.15) is 5.82 Å². The standard InChI is InChI=1S/C15H19FN2O3S/c1-10-8-12(10)15(19)17-11-2-3-13(16)14(9-11)18-4-6-22(20,21)7-5-18/h2-3,9-10,12H,4-8H2,1H3,(H,17,19)/t10-,12-/m1/s1. The van der Waals surface area contributed by atoms with Crippen LogP contribution >= 0.6 is 0 Å². The third-order valence-electron chi connectivity index (χ3n) is 4.35. The minimum absolute atomic E-state index is 0.0304. The monoisotopic (exact) mass is 326 g/mol. The van der Waals surface area contributed by atoms with Crippen LogP contribution in [0.3, 0.4) is 0 Å². The third kappa shape index (κ3) is 3.24. The molecule has 1 aromatic rings. The Bertz CT molecular complexity index is 691. The molecule has 3 rings (SSSR count). The second-order valence-corrected chi connectivity index (χ2v) is 8.42. The smallest absolute Gasteiger partial charge is 0.227 e. The molecule has 7 heteroatoms. The molecule has 2 atom stereocenters. The van der Waals surface area contributed by atoms with Gasteiger partial charge in [0.05, 0.1) is 17.2 Å². The highest BCUT2D eigenvalue weighted by Crippen LogP contribution is 2.38. The van der Waals surface area contributed by atoms with Gasteiger partial charge < -0.3 is 10.2 Å². The summed E-state index contributed by atoms with van der Waals surface area (Å²) in [5.41, 5.74) is 0.894. The number of halogens is 1. The van der Waals surface area contributed by atoms with Crippen molar-refractivity contribution in [3.8, 4) is 0 Å². The van der Waals surface area contributed by atoms with Crippen LogP contribution in [-0.4, -0.2) is 38.9 Å². The SMILES string of the molecule is C[C@@H]1C[C@H]1C(=O)Nc1ccc(F)c(N2CCS(=O)(=O)CC2)c1. The van der Waals surface area contributed by atoms with Crippen LogP contribution < -0.4 is 10.2 Å².